The highest BCUT2D eigenvalue weighted by Crippen LogP contribution is 2.30. The van der Waals surface area contributed by atoms with Crippen LogP contribution in [0.25, 0.3) is 0 Å². The molecule has 19 heavy (non-hydrogen) atoms. The SMILES string of the molecule is CCC(CC)(CC(=O)NCc1cccn1C)C(=O)O. The zero-order valence-electron chi connectivity index (χ0n) is 11.8. The third-order valence-corrected chi connectivity index (χ3v) is 3.82. The normalized spacial score (nSPS) is 11.3. The fraction of sp³-hybridized carbons (Fsp3) is 0.571. The predicted octanol–water partition coefficient (Wildman–Crippen LogP) is 1.92. The first-order valence-corrected chi connectivity index (χ1v) is 6.55. The van der Waals surface area contributed by atoms with Crippen molar-refractivity contribution >= 4 is 11.9 Å². The number of carbonyl (C=O) groups is 2. The fourth-order valence-corrected chi connectivity index (χ4v) is 2.12. The Balaban J connectivity index is 2.59. The molecule has 0 unspecified atom stereocenters. The van der Waals surface area contributed by atoms with E-state index in [0.29, 0.717) is 19.4 Å². The second kappa shape index (κ2) is 6.41. The van der Waals surface area contributed by atoms with Crippen LogP contribution in [0.3, 0.4) is 0 Å². The Morgan fingerprint density at radius 3 is 2.42 bits per heavy atom. The van der Waals surface area contributed by atoms with E-state index in [-0.39, 0.29) is 12.3 Å². The van der Waals surface area contributed by atoms with Gasteiger partial charge in [-0.15, -0.1) is 0 Å². The Morgan fingerprint density at radius 1 is 1.37 bits per heavy atom. The van der Waals surface area contributed by atoms with Crippen LogP contribution < -0.4 is 5.32 Å². The van der Waals surface area contributed by atoms with Crippen LogP contribution in [0.4, 0.5) is 0 Å². The summed E-state index contributed by atoms with van der Waals surface area (Å²) in [6, 6.07) is 3.82. The van der Waals surface area contributed by atoms with Gasteiger partial charge in [0, 0.05) is 25.4 Å². The molecule has 0 aliphatic heterocycles. The van der Waals surface area contributed by atoms with Crippen LogP contribution in [0.5, 0.6) is 0 Å². The predicted molar refractivity (Wildman–Crippen MR) is 72.5 cm³/mol. The fourth-order valence-electron chi connectivity index (χ4n) is 2.12. The number of nitrogens with one attached hydrogen (secondary N) is 1. The van der Waals surface area contributed by atoms with E-state index in [1.165, 1.54) is 0 Å². The van der Waals surface area contributed by atoms with E-state index >= 15 is 0 Å². The van der Waals surface area contributed by atoms with Crippen LogP contribution in [0.1, 0.15) is 38.8 Å². The van der Waals surface area contributed by atoms with Crippen molar-refractivity contribution in [3.05, 3.63) is 24.0 Å². The number of amides is 1. The van der Waals surface area contributed by atoms with Gasteiger partial charge in [0.05, 0.1) is 12.0 Å². The summed E-state index contributed by atoms with van der Waals surface area (Å²) in [4.78, 5) is 23.2. The van der Waals surface area contributed by atoms with Crippen molar-refractivity contribution in [1.82, 2.24) is 9.88 Å². The summed E-state index contributed by atoms with van der Waals surface area (Å²) in [7, 11) is 1.90. The summed E-state index contributed by atoms with van der Waals surface area (Å²) in [6.45, 7) is 4.04. The first-order valence-electron chi connectivity index (χ1n) is 6.55. The molecule has 1 aromatic rings. The number of hydrogen-bond donors (Lipinski definition) is 2. The Morgan fingerprint density at radius 2 is 2.00 bits per heavy atom. The minimum atomic E-state index is -0.946. The number of aliphatic carboxylic acids is 1. The van der Waals surface area contributed by atoms with Crippen molar-refractivity contribution in [3.63, 3.8) is 0 Å². The lowest BCUT2D eigenvalue weighted by Gasteiger charge is -2.25. The second-order valence-corrected chi connectivity index (χ2v) is 4.86. The molecular weight excluding hydrogens is 244 g/mol. The third-order valence-electron chi connectivity index (χ3n) is 3.82. The molecule has 0 spiro atoms. The maximum atomic E-state index is 11.9. The van der Waals surface area contributed by atoms with Gasteiger partial charge in [-0.3, -0.25) is 9.59 Å². The average Bonchev–Trinajstić information content (AvgIpc) is 2.79. The molecule has 5 nitrogen and oxygen atoms in total. The molecule has 0 aromatic carbocycles. The number of nitrogens with zero attached hydrogens (tertiary/aromatic N) is 1. The topological polar surface area (TPSA) is 71.3 Å². The molecule has 0 aliphatic carbocycles. The van der Waals surface area contributed by atoms with Crippen LogP contribution in [0.15, 0.2) is 18.3 Å². The number of carboxylic acid groups (broad SMARTS) is 1. The number of hydrogen-bond acceptors (Lipinski definition) is 2. The molecule has 1 aromatic heterocycles. The van der Waals surface area contributed by atoms with Crippen LogP contribution >= 0.6 is 0 Å². The van der Waals surface area contributed by atoms with E-state index in [2.05, 4.69) is 5.32 Å². The molecule has 0 saturated heterocycles. The van der Waals surface area contributed by atoms with Crippen molar-refractivity contribution in [2.45, 2.75) is 39.7 Å². The smallest absolute Gasteiger partial charge is 0.310 e. The van der Waals surface area contributed by atoms with Crippen LogP contribution in [0.2, 0.25) is 0 Å². The van der Waals surface area contributed by atoms with Gasteiger partial charge in [0.25, 0.3) is 0 Å². The number of aryl methyl sites for hydroxylation is 1. The lowest BCUT2D eigenvalue weighted by molar-refractivity contribution is -0.152. The van der Waals surface area contributed by atoms with Gasteiger partial charge < -0.3 is 15.0 Å². The first-order chi connectivity index (χ1) is 8.95. The number of carboxylic acids is 1. The van der Waals surface area contributed by atoms with E-state index in [9.17, 15) is 14.7 Å². The molecule has 0 bridgehead atoms. The first kappa shape index (κ1) is 15.3. The van der Waals surface area contributed by atoms with E-state index in [1.807, 2.05) is 43.8 Å². The summed E-state index contributed by atoms with van der Waals surface area (Å²) in [5, 5.41) is 12.1. The zero-order valence-corrected chi connectivity index (χ0v) is 11.8. The Kier molecular flexibility index (Phi) is 5.15. The van der Waals surface area contributed by atoms with Gasteiger partial charge in [0.2, 0.25) is 5.91 Å². The largest absolute Gasteiger partial charge is 0.481 e. The Labute approximate surface area is 113 Å². The summed E-state index contributed by atoms with van der Waals surface area (Å²) in [5.74, 6) is -1.11. The van der Waals surface area contributed by atoms with Crippen LogP contribution in [-0.2, 0) is 23.2 Å². The van der Waals surface area contributed by atoms with Gasteiger partial charge in [-0.2, -0.15) is 0 Å². The minimum Gasteiger partial charge on any atom is -0.481 e. The summed E-state index contributed by atoms with van der Waals surface area (Å²) in [5.41, 5.74) is 0.0421. The highest BCUT2D eigenvalue weighted by molar-refractivity contribution is 5.84. The van der Waals surface area contributed by atoms with E-state index in [0.717, 1.165) is 5.69 Å². The van der Waals surface area contributed by atoms with Crippen molar-refractivity contribution in [1.29, 1.82) is 0 Å². The lowest BCUT2D eigenvalue weighted by atomic mass is 9.79. The molecule has 1 heterocycles. The maximum Gasteiger partial charge on any atom is 0.310 e. The van der Waals surface area contributed by atoms with Crippen molar-refractivity contribution in [3.8, 4) is 0 Å². The minimum absolute atomic E-state index is 0.0275. The third kappa shape index (κ3) is 3.59. The van der Waals surface area contributed by atoms with E-state index in [4.69, 9.17) is 0 Å². The molecule has 2 N–H and O–H groups in total. The number of aromatic nitrogens is 1. The molecule has 0 fully saturated rings. The standard InChI is InChI=1S/C14H22N2O3/c1-4-14(5-2,13(18)19)9-12(17)15-10-11-7-6-8-16(11)3/h6-8H,4-5,9-10H2,1-3H3,(H,15,17)(H,18,19). The van der Waals surface area contributed by atoms with Gasteiger partial charge in [-0.05, 0) is 25.0 Å². The van der Waals surface area contributed by atoms with Gasteiger partial charge in [0.15, 0.2) is 0 Å². The highest BCUT2D eigenvalue weighted by atomic mass is 16.4. The van der Waals surface area contributed by atoms with Gasteiger partial charge >= 0.3 is 5.97 Å². The van der Waals surface area contributed by atoms with Gasteiger partial charge in [0.1, 0.15) is 0 Å². The molecular formula is C14H22N2O3. The molecule has 0 aliphatic rings. The van der Waals surface area contributed by atoms with Crippen LogP contribution in [-0.4, -0.2) is 21.6 Å². The highest BCUT2D eigenvalue weighted by Gasteiger charge is 2.36. The van der Waals surface area contributed by atoms with Crippen LogP contribution in [0, 0.1) is 5.41 Å². The molecule has 5 heteroatoms. The average molecular weight is 266 g/mol. The Bertz CT molecular complexity index is 447. The lowest BCUT2D eigenvalue weighted by Crippen LogP contribution is -2.36. The Hall–Kier alpha value is -1.78. The summed E-state index contributed by atoms with van der Waals surface area (Å²) >= 11 is 0. The zero-order chi connectivity index (χ0) is 14.5. The van der Waals surface area contributed by atoms with Gasteiger partial charge in [-0.1, -0.05) is 13.8 Å². The van der Waals surface area contributed by atoms with E-state index in [1.54, 1.807) is 0 Å². The quantitative estimate of drug-likeness (QED) is 0.792. The number of carbonyl (C=O) groups excluding carboxylic acids is 1. The van der Waals surface area contributed by atoms with Gasteiger partial charge in [-0.25, -0.2) is 0 Å². The number of rotatable bonds is 7. The molecule has 0 saturated carbocycles. The monoisotopic (exact) mass is 266 g/mol. The summed E-state index contributed by atoms with van der Waals surface area (Å²) < 4.78 is 1.92. The molecule has 1 amide bonds. The van der Waals surface area contributed by atoms with E-state index < -0.39 is 11.4 Å². The molecule has 106 valence electrons. The molecule has 0 atom stereocenters. The van der Waals surface area contributed by atoms with Crippen molar-refractivity contribution in [2.75, 3.05) is 0 Å². The molecule has 1 rings (SSSR count). The second-order valence-electron chi connectivity index (χ2n) is 4.86. The summed E-state index contributed by atoms with van der Waals surface area (Å²) in [6.07, 6.45) is 2.84. The molecule has 0 radical (unpaired) electrons. The van der Waals surface area contributed by atoms with Crippen molar-refractivity contribution < 1.29 is 14.7 Å². The van der Waals surface area contributed by atoms with Crippen molar-refractivity contribution in [2.24, 2.45) is 12.5 Å². The maximum absolute atomic E-state index is 11.9.